The third-order valence-corrected chi connectivity index (χ3v) is 2.14. The van der Waals surface area contributed by atoms with Crippen molar-refractivity contribution in [2.24, 2.45) is 5.14 Å². The van der Waals surface area contributed by atoms with E-state index < -0.39 is 10.0 Å². The summed E-state index contributed by atoms with van der Waals surface area (Å²) in [7, 11) is -3.40. The second-order valence-electron chi connectivity index (χ2n) is 1.81. The average molecular weight is 193 g/mol. The monoisotopic (exact) mass is 193 g/mol. The molecule has 0 aromatic heterocycles. The van der Waals surface area contributed by atoms with Gasteiger partial charge in [-0.25, -0.2) is 13.6 Å². The molecule has 74 valence electrons. The summed E-state index contributed by atoms with van der Waals surface area (Å²) < 4.78 is 21.0. The number of nitrogens with two attached hydrogens (primary N) is 1. The molecule has 0 amide bonds. The number of rotatable bonds is 1. The predicted molar refractivity (Wildman–Crippen MR) is 55.1 cm³/mol. The van der Waals surface area contributed by atoms with Gasteiger partial charge in [0.15, 0.2) is 0 Å². The summed E-state index contributed by atoms with van der Waals surface area (Å²) >= 11 is 0. The Morgan fingerprint density at radius 2 is 1.75 bits per heavy atom. The SMILES string of the molecule is C.C.C.NS(=O)(=O)C1=CC=CC1. The Morgan fingerprint density at radius 3 is 1.92 bits per heavy atom. The summed E-state index contributed by atoms with van der Waals surface area (Å²) in [5.74, 6) is 0. The van der Waals surface area contributed by atoms with E-state index in [2.05, 4.69) is 0 Å². The highest BCUT2D eigenvalue weighted by Gasteiger charge is 2.10. The van der Waals surface area contributed by atoms with Crippen molar-refractivity contribution in [2.45, 2.75) is 28.7 Å². The first-order valence-electron chi connectivity index (χ1n) is 2.49. The normalized spacial score (nSPS) is 13.6. The van der Waals surface area contributed by atoms with E-state index >= 15 is 0 Å². The van der Waals surface area contributed by atoms with Crippen LogP contribution in [0.5, 0.6) is 0 Å². The van der Waals surface area contributed by atoms with E-state index in [1.54, 1.807) is 12.2 Å². The summed E-state index contributed by atoms with van der Waals surface area (Å²) in [4.78, 5) is 0.294. The first kappa shape index (κ1) is 17.5. The van der Waals surface area contributed by atoms with E-state index in [4.69, 9.17) is 5.14 Å². The summed E-state index contributed by atoms with van der Waals surface area (Å²) in [6.07, 6.45) is 5.38. The Morgan fingerprint density at radius 1 is 1.25 bits per heavy atom. The second-order valence-corrected chi connectivity index (χ2v) is 3.42. The van der Waals surface area contributed by atoms with Crippen molar-refractivity contribution in [3.63, 3.8) is 0 Å². The molecule has 1 rings (SSSR count). The van der Waals surface area contributed by atoms with Crippen molar-refractivity contribution >= 4 is 10.0 Å². The molecule has 4 heteroatoms. The van der Waals surface area contributed by atoms with E-state index in [1.807, 2.05) is 0 Å². The average Bonchev–Trinajstić information content (AvgIpc) is 2.08. The van der Waals surface area contributed by atoms with Crippen molar-refractivity contribution in [2.75, 3.05) is 0 Å². The minimum Gasteiger partial charge on any atom is -0.225 e. The molecule has 1 aliphatic rings. The van der Waals surface area contributed by atoms with Crippen LogP contribution in [0.1, 0.15) is 28.7 Å². The van der Waals surface area contributed by atoms with Crippen molar-refractivity contribution in [3.05, 3.63) is 23.1 Å². The molecule has 1 aliphatic carbocycles. The maximum atomic E-state index is 10.5. The van der Waals surface area contributed by atoms with Gasteiger partial charge >= 0.3 is 0 Å². The van der Waals surface area contributed by atoms with Crippen molar-refractivity contribution in [3.8, 4) is 0 Å². The summed E-state index contributed by atoms with van der Waals surface area (Å²) in [6.45, 7) is 0. The summed E-state index contributed by atoms with van der Waals surface area (Å²) in [6, 6.07) is 0. The zero-order valence-electron chi connectivity index (χ0n) is 4.74. The molecule has 0 aliphatic heterocycles. The Hall–Kier alpha value is -0.610. The zero-order chi connectivity index (χ0) is 6.91. The van der Waals surface area contributed by atoms with E-state index in [0.29, 0.717) is 11.3 Å². The molecule has 0 atom stereocenters. The van der Waals surface area contributed by atoms with Gasteiger partial charge in [-0.15, -0.1) is 0 Å². The van der Waals surface area contributed by atoms with Gasteiger partial charge in [-0.2, -0.15) is 0 Å². The highest BCUT2D eigenvalue weighted by Crippen LogP contribution is 2.13. The number of hydrogen-bond donors (Lipinski definition) is 1. The van der Waals surface area contributed by atoms with E-state index in [9.17, 15) is 8.42 Å². The number of primary sulfonamides is 1. The summed E-state index contributed by atoms with van der Waals surface area (Å²) in [5.41, 5.74) is 0. The van der Waals surface area contributed by atoms with Crippen LogP contribution in [0.25, 0.3) is 0 Å². The van der Waals surface area contributed by atoms with Crippen LogP contribution in [0.3, 0.4) is 0 Å². The fourth-order valence-corrected chi connectivity index (χ4v) is 1.24. The lowest BCUT2D eigenvalue weighted by molar-refractivity contribution is 0.603. The van der Waals surface area contributed by atoms with Crippen LogP contribution in [0, 0.1) is 0 Å². The van der Waals surface area contributed by atoms with Crippen LogP contribution in [-0.4, -0.2) is 8.42 Å². The highest BCUT2D eigenvalue weighted by atomic mass is 32.2. The second kappa shape index (κ2) is 5.97. The van der Waals surface area contributed by atoms with Gasteiger partial charge in [-0.05, 0) is 6.08 Å². The maximum Gasteiger partial charge on any atom is 0.234 e. The molecule has 0 fully saturated rings. The molecular formula is C8H19NO2S. The van der Waals surface area contributed by atoms with Crippen molar-refractivity contribution < 1.29 is 8.42 Å². The van der Waals surface area contributed by atoms with Gasteiger partial charge in [0, 0.05) is 6.42 Å². The van der Waals surface area contributed by atoms with Gasteiger partial charge in [0.2, 0.25) is 10.0 Å². The van der Waals surface area contributed by atoms with Gasteiger partial charge in [-0.3, -0.25) is 0 Å². The van der Waals surface area contributed by atoms with Crippen LogP contribution in [0.15, 0.2) is 23.1 Å². The summed E-state index contributed by atoms with van der Waals surface area (Å²) in [5, 5.41) is 4.80. The lowest BCUT2D eigenvalue weighted by Crippen LogP contribution is -2.13. The fourth-order valence-electron chi connectivity index (χ4n) is 0.639. The molecule has 0 heterocycles. The van der Waals surface area contributed by atoms with Gasteiger partial charge < -0.3 is 0 Å². The van der Waals surface area contributed by atoms with Gasteiger partial charge in [-0.1, -0.05) is 34.4 Å². The molecule has 0 spiro atoms. The van der Waals surface area contributed by atoms with Crippen molar-refractivity contribution in [1.82, 2.24) is 0 Å². The van der Waals surface area contributed by atoms with Crippen LogP contribution in [0.2, 0.25) is 0 Å². The number of hydrogen-bond acceptors (Lipinski definition) is 2. The molecule has 12 heavy (non-hydrogen) atoms. The molecule has 2 N–H and O–H groups in total. The Kier molecular flexibility index (Phi) is 8.69. The molecule has 0 saturated carbocycles. The first-order chi connectivity index (χ1) is 4.11. The van der Waals surface area contributed by atoms with E-state index in [-0.39, 0.29) is 22.3 Å². The standard InChI is InChI=1S/C5H7NO2S.3CH4/c6-9(7,8)5-3-1-2-4-5;;;/h1-3H,4H2,(H2,6,7,8);3*1H4. The van der Waals surface area contributed by atoms with Gasteiger partial charge in [0.1, 0.15) is 0 Å². The Labute approximate surface area is 76.0 Å². The molecular weight excluding hydrogens is 174 g/mol. The Bertz CT molecular complexity index is 263. The number of allylic oxidation sites excluding steroid dienone is 4. The lowest BCUT2D eigenvalue weighted by Gasteiger charge is -1.93. The Balaban J connectivity index is -0.000000270. The van der Waals surface area contributed by atoms with Crippen LogP contribution in [-0.2, 0) is 10.0 Å². The highest BCUT2D eigenvalue weighted by molar-refractivity contribution is 7.93. The zero-order valence-corrected chi connectivity index (χ0v) is 5.56. The van der Waals surface area contributed by atoms with E-state index in [1.165, 1.54) is 6.08 Å². The molecule has 0 radical (unpaired) electrons. The van der Waals surface area contributed by atoms with Crippen molar-refractivity contribution in [1.29, 1.82) is 0 Å². The minimum absolute atomic E-state index is 0. The predicted octanol–water partition coefficient (Wildman–Crippen LogP) is 2.03. The smallest absolute Gasteiger partial charge is 0.225 e. The topological polar surface area (TPSA) is 60.2 Å². The number of sulfonamides is 1. The first-order valence-corrected chi connectivity index (χ1v) is 4.04. The molecule has 0 saturated heterocycles. The quantitative estimate of drug-likeness (QED) is 0.692. The molecule has 3 nitrogen and oxygen atoms in total. The minimum atomic E-state index is -3.40. The van der Waals surface area contributed by atoms with Gasteiger partial charge in [0.25, 0.3) is 0 Å². The largest absolute Gasteiger partial charge is 0.234 e. The molecule has 0 bridgehead atoms. The van der Waals surface area contributed by atoms with Gasteiger partial charge in [0.05, 0.1) is 4.91 Å². The van der Waals surface area contributed by atoms with Crippen LogP contribution in [0.4, 0.5) is 0 Å². The maximum absolute atomic E-state index is 10.5. The van der Waals surface area contributed by atoms with E-state index in [0.717, 1.165) is 0 Å². The molecule has 0 aromatic rings. The third kappa shape index (κ3) is 4.31. The third-order valence-electron chi connectivity index (χ3n) is 1.10. The van der Waals surface area contributed by atoms with Crippen LogP contribution < -0.4 is 5.14 Å². The molecule has 0 aromatic carbocycles. The fraction of sp³-hybridized carbons (Fsp3) is 0.500. The lowest BCUT2D eigenvalue weighted by atomic mass is 10.5. The van der Waals surface area contributed by atoms with Crippen LogP contribution >= 0.6 is 0 Å². The molecule has 0 unspecified atom stereocenters.